The van der Waals surface area contributed by atoms with E-state index in [1.807, 2.05) is 57.2 Å². The van der Waals surface area contributed by atoms with Gasteiger partial charge in [-0.1, -0.05) is 44.8 Å². The number of rotatable bonds is 4. The van der Waals surface area contributed by atoms with Crippen LogP contribution in [0.4, 0.5) is 0 Å². The fraction of sp³-hybridized carbons (Fsp3) is 0.222. The first-order chi connectivity index (χ1) is 11.0. The Morgan fingerprint density at radius 2 is 1.83 bits per heavy atom. The number of hydrogen-bond acceptors (Lipinski definition) is 4. The van der Waals surface area contributed by atoms with Crippen LogP contribution in [0.2, 0.25) is 0 Å². The first-order valence-corrected chi connectivity index (χ1v) is 8.11. The van der Waals surface area contributed by atoms with Gasteiger partial charge in [0.2, 0.25) is 5.82 Å². The van der Waals surface area contributed by atoms with Gasteiger partial charge >= 0.3 is 0 Å². The van der Waals surface area contributed by atoms with Crippen molar-refractivity contribution in [1.82, 2.24) is 10.1 Å². The van der Waals surface area contributed by atoms with Gasteiger partial charge in [-0.05, 0) is 50.1 Å². The molecular formula is C18H17BrN2O2. The van der Waals surface area contributed by atoms with E-state index in [4.69, 9.17) is 9.26 Å². The minimum atomic E-state index is 0.249. The molecule has 0 saturated carbocycles. The maximum atomic E-state index is 5.76. The van der Waals surface area contributed by atoms with Crippen LogP contribution < -0.4 is 4.74 Å². The molecule has 3 aromatic rings. The van der Waals surface area contributed by atoms with E-state index in [1.54, 1.807) is 0 Å². The summed E-state index contributed by atoms with van der Waals surface area (Å²) in [6, 6.07) is 12.0. The molecule has 0 atom stereocenters. The Morgan fingerprint density at radius 3 is 2.52 bits per heavy atom. The molecule has 0 saturated heterocycles. The number of nitrogens with zero attached hydrogens (tertiary/aromatic N) is 2. The van der Waals surface area contributed by atoms with Crippen LogP contribution in [0.3, 0.4) is 0 Å². The summed E-state index contributed by atoms with van der Waals surface area (Å²) < 4.78 is 12.1. The minimum Gasteiger partial charge on any atom is -0.484 e. The van der Waals surface area contributed by atoms with E-state index in [0.29, 0.717) is 11.7 Å². The highest BCUT2D eigenvalue weighted by Crippen LogP contribution is 2.27. The summed E-state index contributed by atoms with van der Waals surface area (Å²) in [5, 5.41) is 4.02. The lowest BCUT2D eigenvalue weighted by Gasteiger charge is -2.08. The van der Waals surface area contributed by atoms with E-state index in [-0.39, 0.29) is 6.61 Å². The highest BCUT2D eigenvalue weighted by atomic mass is 79.9. The maximum absolute atomic E-state index is 5.76. The van der Waals surface area contributed by atoms with Gasteiger partial charge in [0.15, 0.2) is 6.61 Å². The monoisotopic (exact) mass is 372 g/mol. The van der Waals surface area contributed by atoms with Crippen molar-refractivity contribution in [2.75, 3.05) is 0 Å². The molecule has 1 heterocycles. The van der Waals surface area contributed by atoms with Crippen LogP contribution in [0, 0.1) is 20.8 Å². The summed E-state index contributed by atoms with van der Waals surface area (Å²) in [7, 11) is 0. The van der Waals surface area contributed by atoms with E-state index in [2.05, 4.69) is 26.1 Å². The normalized spacial score (nSPS) is 10.8. The highest BCUT2D eigenvalue weighted by Gasteiger charge is 2.10. The molecule has 0 unspecified atom stereocenters. The lowest BCUT2D eigenvalue weighted by molar-refractivity contribution is 0.242. The Labute approximate surface area is 143 Å². The molecule has 2 aromatic carbocycles. The molecule has 0 amide bonds. The molecule has 23 heavy (non-hydrogen) atoms. The number of hydrogen-bond donors (Lipinski definition) is 0. The Morgan fingerprint density at radius 1 is 1.09 bits per heavy atom. The third-order valence-electron chi connectivity index (χ3n) is 3.52. The number of halogens is 1. The molecule has 0 fully saturated rings. The Bertz CT molecular complexity index is 820. The lowest BCUT2D eigenvalue weighted by Crippen LogP contribution is -1.97. The van der Waals surface area contributed by atoms with Crippen molar-refractivity contribution in [1.29, 1.82) is 0 Å². The second-order valence-corrected chi connectivity index (χ2v) is 6.33. The fourth-order valence-electron chi connectivity index (χ4n) is 2.35. The molecule has 5 heteroatoms. The molecule has 0 aliphatic rings. The molecule has 0 aliphatic carbocycles. The number of aryl methyl sites for hydroxylation is 3. The molecule has 1 aromatic heterocycles. The topological polar surface area (TPSA) is 48.2 Å². The van der Waals surface area contributed by atoms with Gasteiger partial charge in [0, 0.05) is 10.0 Å². The molecule has 0 aliphatic heterocycles. The summed E-state index contributed by atoms with van der Waals surface area (Å²) in [4.78, 5) is 4.39. The van der Waals surface area contributed by atoms with Crippen LogP contribution in [0.15, 0.2) is 45.4 Å². The third kappa shape index (κ3) is 3.62. The zero-order chi connectivity index (χ0) is 16.4. The summed E-state index contributed by atoms with van der Waals surface area (Å²) in [5.74, 6) is 1.83. The van der Waals surface area contributed by atoms with E-state index in [9.17, 15) is 0 Å². The smallest absolute Gasteiger partial charge is 0.264 e. The molecule has 0 radical (unpaired) electrons. The van der Waals surface area contributed by atoms with Gasteiger partial charge in [0.05, 0.1) is 0 Å². The van der Waals surface area contributed by atoms with Gasteiger partial charge in [0.1, 0.15) is 5.75 Å². The Hall–Kier alpha value is -2.14. The Balaban J connectivity index is 1.73. The average molecular weight is 373 g/mol. The molecule has 0 bridgehead atoms. The van der Waals surface area contributed by atoms with E-state index >= 15 is 0 Å². The predicted octanol–water partition coefficient (Wildman–Crippen LogP) is 5.00. The molecule has 0 spiro atoms. The predicted molar refractivity (Wildman–Crippen MR) is 92.4 cm³/mol. The van der Waals surface area contributed by atoms with Crippen LogP contribution >= 0.6 is 15.9 Å². The van der Waals surface area contributed by atoms with Crippen LogP contribution in [-0.4, -0.2) is 10.1 Å². The first-order valence-electron chi connectivity index (χ1n) is 7.32. The highest BCUT2D eigenvalue weighted by molar-refractivity contribution is 9.10. The largest absolute Gasteiger partial charge is 0.484 e. The van der Waals surface area contributed by atoms with Crippen molar-refractivity contribution in [3.8, 4) is 17.1 Å². The molecule has 3 rings (SSSR count). The van der Waals surface area contributed by atoms with Crippen molar-refractivity contribution in [3.05, 3.63) is 63.5 Å². The number of benzene rings is 2. The quantitative estimate of drug-likeness (QED) is 0.646. The third-order valence-corrected chi connectivity index (χ3v) is 4.77. The lowest BCUT2D eigenvalue weighted by atomic mass is 10.1. The minimum absolute atomic E-state index is 0.249. The number of aromatic nitrogens is 2. The van der Waals surface area contributed by atoms with Crippen molar-refractivity contribution < 1.29 is 9.26 Å². The zero-order valence-electron chi connectivity index (χ0n) is 13.3. The van der Waals surface area contributed by atoms with Gasteiger partial charge in [-0.15, -0.1) is 0 Å². The van der Waals surface area contributed by atoms with E-state index < -0.39 is 0 Å². The summed E-state index contributed by atoms with van der Waals surface area (Å²) >= 11 is 3.55. The second-order valence-electron chi connectivity index (χ2n) is 5.54. The van der Waals surface area contributed by atoms with Gasteiger partial charge in [-0.2, -0.15) is 4.98 Å². The van der Waals surface area contributed by atoms with Gasteiger partial charge in [-0.3, -0.25) is 0 Å². The first kappa shape index (κ1) is 15.7. The van der Waals surface area contributed by atoms with Crippen molar-refractivity contribution >= 4 is 15.9 Å². The molecular weight excluding hydrogens is 356 g/mol. The van der Waals surface area contributed by atoms with Crippen LogP contribution in [-0.2, 0) is 6.61 Å². The summed E-state index contributed by atoms with van der Waals surface area (Å²) in [5.41, 5.74) is 4.36. The summed E-state index contributed by atoms with van der Waals surface area (Å²) in [6.45, 7) is 6.35. The van der Waals surface area contributed by atoms with E-state index in [1.165, 1.54) is 0 Å². The molecule has 118 valence electrons. The molecule has 4 nitrogen and oxygen atoms in total. The maximum Gasteiger partial charge on any atom is 0.264 e. The summed E-state index contributed by atoms with van der Waals surface area (Å²) in [6.07, 6.45) is 0. The second kappa shape index (κ2) is 6.54. The number of ether oxygens (including phenoxy) is 1. The van der Waals surface area contributed by atoms with Crippen LogP contribution in [0.25, 0.3) is 11.4 Å². The van der Waals surface area contributed by atoms with Gasteiger partial charge < -0.3 is 9.26 Å². The van der Waals surface area contributed by atoms with Crippen molar-refractivity contribution in [2.45, 2.75) is 27.4 Å². The van der Waals surface area contributed by atoms with Gasteiger partial charge in [-0.25, -0.2) is 0 Å². The standard InChI is InChI=1S/C18H17BrN2O2/c1-11-5-4-6-14(7-11)18-20-16(23-21-18)10-22-15-8-12(2)17(19)13(3)9-15/h4-9H,10H2,1-3H3. The van der Waals surface area contributed by atoms with E-state index in [0.717, 1.165) is 32.5 Å². The Kier molecular flexibility index (Phi) is 4.48. The van der Waals surface area contributed by atoms with Gasteiger partial charge in [0.25, 0.3) is 5.89 Å². The zero-order valence-corrected chi connectivity index (χ0v) is 14.8. The average Bonchev–Trinajstić information content (AvgIpc) is 2.99. The molecule has 0 N–H and O–H groups in total. The fourth-order valence-corrected chi connectivity index (χ4v) is 2.58. The SMILES string of the molecule is Cc1cccc(-c2noc(COc3cc(C)c(Br)c(C)c3)n2)c1. The van der Waals surface area contributed by atoms with Crippen molar-refractivity contribution in [2.24, 2.45) is 0 Å². The van der Waals surface area contributed by atoms with Crippen LogP contribution in [0.5, 0.6) is 5.75 Å². The van der Waals surface area contributed by atoms with Crippen molar-refractivity contribution in [3.63, 3.8) is 0 Å². The van der Waals surface area contributed by atoms with Crippen LogP contribution in [0.1, 0.15) is 22.6 Å².